The van der Waals surface area contributed by atoms with Crippen LogP contribution < -0.4 is 10.1 Å². The van der Waals surface area contributed by atoms with Crippen LogP contribution in [0.1, 0.15) is 20.3 Å². The van der Waals surface area contributed by atoms with Crippen molar-refractivity contribution in [2.24, 2.45) is 5.92 Å². The van der Waals surface area contributed by atoms with Gasteiger partial charge in [0.05, 0.1) is 6.61 Å². The molecule has 2 heteroatoms. The molecule has 0 aliphatic carbocycles. The normalized spacial score (nSPS) is 11.1. The highest BCUT2D eigenvalue weighted by Gasteiger charge is 1.97. The molecule has 0 unspecified atom stereocenters. The van der Waals surface area contributed by atoms with E-state index in [9.17, 15) is 0 Å². The molecular formula is C17H23NO. The van der Waals surface area contributed by atoms with Gasteiger partial charge >= 0.3 is 0 Å². The Labute approximate surface area is 115 Å². The van der Waals surface area contributed by atoms with E-state index in [1.807, 2.05) is 6.07 Å². The van der Waals surface area contributed by atoms with Crippen LogP contribution in [0.2, 0.25) is 0 Å². The summed E-state index contributed by atoms with van der Waals surface area (Å²) in [6.07, 6.45) is 1.04. The summed E-state index contributed by atoms with van der Waals surface area (Å²) in [6.45, 7) is 7.31. The van der Waals surface area contributed by atoms with Gasteiger partial charge in [0.25, 0.3) is 0 Å². The van der Waals surface area contributed by atoms with E-state index in [4.69, 9.17) is 4.74 Å². The molecule has 0 saturated carbocycles. The molecule has 2 rings (SSSR count). The van der Waals surface area contributed by atoms with E-state index >= 15 is 0 Å². The maximum absolute atomic E-state index is 5.78. The van der Waals surface area contributed by atoms with Crippen LogP contribution in [0, 0.1) is 5.92 Å². The fourth-order valence-electron chi connectivity index (χ4n) is 2.04. The minimum Gasteiger partial charge on any atom is -0.494 e. The third-order valence-corrected chi connectivity index (χ3v) is 3.04. The highest BCUT2D eigenvalue weighted by Crippen LogP contribution is 2.20. The molecule has 0 atom stereocenters. The Bertz CT molecular complexity index is 507. The maximum atomic E-state index is 5.78. The molecule has 2 aromatic rings. The monoisotopic (exact) mass is 257 g/mol. The molecule has 2 aromatic carbocycles. The fraction of sp³-hybridized carbons (Fsp3) is 0.412. The minimum absolute atomic E-state index is 0.710. The Morgan fingerprint density at radius 3 is 2.63 bits per heavy atom. The molecule has 0 aliphatic rings. The number of fused-ring (bicyclic) bond motifs is 1. The molecule has 0 aliphatic heterocycles. The van der Waals surface area contributed by atoms with Gasteiger partial charge in [0.2, 0.25) is 0 Å². The maximum Gasteiger partial charge on any atom is 0.119 e. The molecule has 0 heterocycles. The Hall–Kier alpha value is -1.54. The SMILES string of the molecule is CC(C)CNCCCOc1ccc2ccccc2c1. The van der Waals surface area contributed by atoms with Crippen LogP contribution in [0.5, 0.6) is 5.75 Å². The second-order valence-electron chi connectivity index (χ2n) is 5.31. The van der Waals surface area contributed by atoms with Crippen molar-refractivity contribution < 1.29 is 4.74 Å². The van der Waals surface area contributed by atoms with Crippen molar-refractivity contribution in [2.75, 3.05) is 19.7 Å². The van der Waals surface area contributed by atoms with Crippen molar-refractivity contribution >= 4 is 10.8 Å². The van der Waals surface area contributed by atoms with Gasteiger partial charge in [-0.1, -0.05) is 44.2 Å². The van der Waals surface area contributed by atoms with Gasteiger partial charge in [-0.25, -0.2) is 0 Å². The summed E-state index contributed by atoms with van der Waals surface area (Å²) in [7, 11) is 0. The molecule has 0 fully saturated rings. The van der Waals surface area contributed by atoms with Gasteiger partial charge < -0.3 is 10.1 Å². The van der Waals surface area contributed by atoms with E-state index < -0.39 is 0 Å². The van der Waals surface area contributed by atoms with E-state index in [-0.39, 0.29) is 0 Å². The number of hydrogen-bond donors (Lipinski definition) is 1. The summed E-state index contributed by atoms with van der Waals surface area (Å²) < 4.78 is 5.78. The van der Waals surface area contributed by atoms with Crippen molar-refractivity contribution in [2.45, 2.75) is 20.3 Å². The fourth-order valence-corrected chi connectivity index (χ4v) is 2.04. The van der Waals surface area contributed by atoms with E-state index in [0.29, 0.717) is 5.92 Å². The van der Waals surface area contributed by atoms with Gasteiger partial charge in [-0.3, -0.25) is 0 Å². The number of benzene rings is 2. The number of nitrogens with one attached hydrogen (secondary N) is 1. The van der Waals surface area contributed by atoms with Crippen LogP contribution in [-0.2, 0) is 0 Å². The van der Waals surface area contributed by atoms with Crippen LogP contribution in [0.4, 0.5) is 0 Å². The summed E-state index contributed by atoms with van der Waals surface area (Å²) >= 11 is 0. The molecule has 0 radical (unpaired) electrons. The van der Waals surface area contributed by atoms with Gasteiger partial charge in [-0.2, -0.15) is 0 Å². The van der Waals surface area contributed by atoms with Crippen molar-refractivity contribution in [3.05, 3.63) is 42.5 Å². The first-order chi connectivity index (χ1) is 9.25. The third-order valence-electron chi connectivity index (χ3n) is 3.04. The van der Waals surface area contributed by atoms with E-state index in [0.717, 1.165) is 31.9 Å². The van der Waals surface area contributed by atoms with Gasteiger partial charge in [-0.05, 0) is 48.3 Å². The quantitative estimate of drug-likeness (QED) is 0.761. The Morgan fingerprint density at radius 1 is 1.05 bits per heavy atom. The van der Waals surface area contributed by atoms with E-state index in [1.54, 1.807) is 0 Å². The first-order valence-electron chi connectivity index (χ1n) is 7.08. The molecular weight excluding hydrogens is 234 g/mol. The predicted molar refractivity (Wildman–Crippen MR) is 81.8 cm³/mol. The highest BCUT2D eigenvalue weighted by atomic mass is 16.5. The lowest BCUT2D eigenvalue weighted by atomic mass is 10.1. The van der Waals surface area contributed by atoms with Gasteiger partial charge in [0.1, 0.15) is 5.75 Å². The predicted octanol–water partition coefficient (Wildman–Crippen LogP) is 3.85. The highest BCUT2D eigenvalue weighted by molar-refractivity contribution is 5.83. The lowest BCUT2D eigenvalue weighted by molar-refractivity contribution is 0.307. The number of rotatable bonds is 7. The summed E-state index contributed by atoms with van der Waals surface area (Å²) in [5.41, 5.74) is 0. The van der Waals surface area contributed by atoms with E-state index in [2.05, 4.69) is 55.6 Å². The lowest BCUT2D eigenvalue weighted by Gasteiger charge is -2.09. The van der Waals surface area contributed by atoms with Crippen LogP contribution in [0.15, 0.2) is 42.5 Å². The molecule has 2 nitrogen and oxygen atoms in total. The van der Waals surface area contributed by atoms with Crippen LogP contribution in [0.3, 0.4) is 0 Å². The first kappa shape index (κ1) is 13.9. The average molecular weight is 257 g/mol. The summed E-state index contributed by atoms with van der Waals surface area (Å²) in [6, 6.07) is 14.6. The zero-order chi connectivity index (χ0) is 13.5. The zero-order valence-corrected chi connectivity index (χ0v) is 11.9. The van der Waals surface area contributed by atoms with E-state index in [1.165, 1.54) is 10.8 Å². The zero-order valence-electron chi connectivity index (χ0n) is 11.9. The Morgan fingerprint density at radius 2 is 1.84 bits per heavy atom. The number of hydrogen-bond acceptors (Lipinski definition) is 2. The minimum atomic E-state index is 0.710. The van der Waals surface area contributed by atoms with Crippen LogP contribution >= 0.6 is 0 Å². The van der Waals surface area contributed by atoms with Gasteiger partial charge in [0.15, 0.2) is 0 Å². The molecule has 102 valence electrons. The number of ether oxygens (including phenoxy) is 1. The third kappa shape index (κ3) is 4.56. The Kier molecular flexibility index (Phi) is 5.22. The second kappa shape index (κ2) is 7.15. The van der Waals surface area contributed by atoms with Crippen molar-refractivity contribution in [3.8, 4) is 5.75 Å². The summed E-state index contributed by atoms with van der Waals surface area (Å²) in [5, 5.41) is 5.91. The smallest absolute Gasteiger partial charge is 0.119 e. The van der Waals surface area contributed by atoms with Crippen LogP contribution in [0.25, 0.3) is 10.8 Å². The summed E-state index contributed by atoms with van der Waals surface area (Å²) in [5.74, 6) is 1.67. The van der Waals surface area contributed by atoms with Crippen molar-refractivity contribution in [1.82, 2.24) is 5.32 Å². The molecule has 0 amide bonds. The van der Waals surface area contributed by atoms with Gasteiger partial charge in [-0.15, -0.1) is 0 Å². The first-order valence-corrected chi connectivity index (χ1v) is 7.08. The second-order valence-corrected chi connectivity index (χ2v) is 5.31. The molecule has 0 aromatic heterocycles. The molecule has 0 spiro atoms. The molecule has 19 heavy (non-hydrogen) atoms. The van der Waals surface area contributed by atoms with Crippen molar-refractivity contribution in [1.29, 1.82) is 0 Å². The molecule has 0 bridgehead atoms. The standard InChI is InChI=1S/C17H23NO/c1-14(2)13-18-10-5-11-19-17-9-8-15-6-3-4-7-16(15)12-17/h3-4,6-9,12,14,18H,5,10-11,13H2,1-2H3. The largest absolute Gasteiger partial charge is 0.494 e. The molecule has 1 N–H and O–H groups in total. The average Bonchev–Trinajstić information content (AvgIpc) is 2.42. The Balaban J connectivity index is 1.75. The van der Waals surface area contributed by atoms with Gasteiger partial charge in [0, 0.05) is 0 Å². The lowest BCUT2D eigenvalue weighted by Crippen LogP contribution is -2.22. The topological polar surface area (TPSA) is 21.3 Å². The summed E-state index contributed by atoms with van der Waals surface area (Å²) in [4.78, 5) is 0. The molecule has 0 saturated heterocycles. The van der Waals surface area contributed by atoms with Crippen LogP contribution in [-0.4, -0.2) is 19.7 Å². The van der Waals surface area contributed by atoms with Crippen molar-refractivity contribution in [3.63, 3.8) is 0 Å².